The largest absolute Gasteiger partial charge is 0.103 e. The molecule has 0 heterocycles. The number of hydrogen-bond acceptors (Lipinski definition) is 0. The normalized spacial score (nSPS) is 37.2. The number of allylic oxidation sites excluding steroid dienone is 1. The molecule has 0 aromatic carbocycles. The maximum Gasteiger partial charge on any atom is -0.0180 e. The van der Waals surface area contributed by atoms with Crippen molar-refractivity contribution in [2.24, 2.45) is 52.8 Å². The van der Waals surface area contributed by atoms with Crippen molar-refractivity contribution in [3.05, 3.63) is 12.7 Å². The van der Waals surface area contributed by atoms with E-state index in [1.54, 1.807) is 38.5 Å². The Labute approximate surface area is 191 Å². The summed E-state index contributed by atoms with van der Waals surface area (Å²) >= 11 is 0. The van der Waals surface area contributed by atoms with Crippen LogP contribution in [0.15, 0.2) is 12.7 Å². The molecule has 3 aliphatic carbocycles. The fourth-order valence-electron chi connectivity index (χ4n) is 7.38. The Balaban J connectivity index is 0.000000396. The van der Waals surface area contributed by atoms with Gasteiger partial charge >= 0.3 is 0 Å². The van der Waals surface area contributed by atoms with Crippen molar-refractivity contribution in [2.75, 3.05) is 0 Å². The molecule has 0 aromatic rings. The van der Waals surface area contributed by atoms with Gasteiger partial charge in [0.2, 0.25) is 0 Å². The molecule has 0 amide bonds. The fraction of sp³-hybridized carbons (Fsp3) is 0.933. The standard InChI is InChI=1S/C23H42.C7H14/c1-5-8-18(7-3)23-21-12-9-16(4)13-20(21)15-19-11-10-17(6-2)14-22(19)23;1-5-7(3,4)6-2/h16-23H,5-15H2,1-4H3;5H,1,6H2,2-4H3. The summed E-state index contributed by atoms with van der Waals surface area (Å²) in [5.41, 5.74) is 0.347. The van der Waals surface area contributed by atoms with Gasteiger partial charge in [-0.15, -0.1) is 6.58 Å². The van der Waals surface area contributed by atoms with Crippen molar-refractivity contribution >= 4 is 0 Å². The molecule has 0 nitrogen and oxygen atoms in total. The van der Waals surface area contributed by atoms with Crippen LogP contribution in [-0.2, 0) is 0 Å². The molecule has 30 heavy (non-hydrogen) atoms. The second kappa shape index (κ2) is 12.1. The van der Waals surface area contributed by atoms with Crippen LogP contribution in [0.1, 0.15) is 126 Å². The Morgan fingerprint density at radius 3 is 2.17 bits per heavy atom. The van der Waals surface area contributed by atoms with Gasteiger partial charge in [0.1, 0.15) is 0 Å². The van der Waals surface area contributed by atoms with Gasteiger partial charge < -0.3 is 0 Å². The van der Waals surface area contributed by atoms with E-state index in [0.717, 1.165) is 47.3 Å². The third-order valence-electron chi connectivity index (χ3n) is 9.82. The Morgan fingerprint density at radius 1 is 0.900 bits per heavy atom. The molecule has 0 N–H and O–H groups in total. The predicted molar refractivity (Wildman–Crippen MR) is 136 cm³/mol. The summed E-state index contributed by atoms with van der Waals surface area (Å²) < 4.78 is 0. The molecule has 8 atom stereocenters. The zero-order valence-electron chi connectivity index (χ0n) is 21.9. The monoisotopic (exact) mass is 416 g/mol. The lowest BCUT2D eigenvalue weighted by Gasteiger charge is -2.55. The van der Waals surface area contributed by atoms with Gasteiger partial charge in [0.15, 0.2) is 0 Å². The first-order valence-electron chi connectivity index (χ1n) is 13.9. The summed E-state index contributed by atoms with van der Waals surface area (Å²) in [5.74, 6) is 8.56. The van der Waals surface area contributed by atoms with Gasteiger partial charge in [-0.05, 0) is 91.3 Å². The molecule has 3 saturated carbocycles. The van der Waals surface area contributed by atoms with Crippen molar-refractivity contribution in [3.63, 3.8) is 0 Å². The van der Waals surface area contributed by atoms with E-state index < -0.39 is 0 Å². The van der Waals surface area contributed by atoms with Crippen LogP contribution in [0.25, 0.3) is 0 Å². The lowest BCUT2D eigenvalue weighted by Crippen LogP contribution is -2.47. The first-order chi connectivity index (χ1) is 14.3. The summed E-state index contributed by atoms with van der Waals surface area (Å²) in [6, 6.07) is 0. The maximum atomic E-state index is 3.70. The van der Waals surface area contributed by atoms with Gasteiger partial charge in [-0.2, -0.15) is 0 Å². The zero-order valence-corrected chi connectivity index (χ0v) is 21.9. The summed E-state index contributed by atoms with van der Waals surface area (Å²) in [7, 11) is 0. The van der Waals surface area contributed by atoms with Gasteiger partial charge in [-0.3, -0.25) is 0 Å². The molecule has 0 bridgehead atoms. The molecule has 3 aliphatic rings. The minimum atomic E-state index is 0.347. The molecule has 3 rings (SSSR count). The van der Waals surface area contributed by atoms with Crippen molar-refractivity contribution in [3.8, 4) is 0 Å². The van der Waals surface area contributed by atoms with Gasteiger partial charge in [0, 0.05) is 0 Å². The van der Waals surface area contributed by atoms with E-state index >= 15 is 0 Å². The predicted octanol–water partition coefficient (Wildman–Crippen LogP) is 9.94. The van der Waals surface area contributed by atoms with E-state index in [9.17, 15) is 0 Å². The quantitative estimate of drug-likeness (QED) is 0.362. The first-order valence-corrected chi connectivity index (χ1v) is 13.9. The molecule has 176 valence electrons. The van der Waals surface area contributed by atoms with E-state index in [-0.39, 0.29) is 0 Å². The van der Waals surface area contributed by atoms with E-state index in [1.165, 1.54) is 38.5 Å². The summed E-state index contributed by atoms with van der Waals surface area (Å²) in [6.07, 6.45) is 19.9. The highest BCUT2D eigenvalue weighted by Gasteiger charge is 2.49. The van der Waals surface area contributed by atoms with Crippen LogP contribution in [0.4, 0.5) is 0 Å². The lowest BCUT2D eigenvalue weighted by atomic mass is 9.50. The van der Waals surface area contributed by atoms with E-state index in [2.05, 4.69) is 55.0 Å². The van der Waals surface area contributed by atoms with Crippen LogP contribution in [0.5, 0.6) is 0 Å². The molecule has 0 heteroatoms. The maximum absolute atomic E-state index is 3.70. The van der Waals surface area contributed by atoms with Gasteiger partial charge in [-0.1, -0.05) is 93.1 Å². The lowest BCUT2D eigenvalue weighted by molar-refractivity contribution is -0.0617. The van der Waals surface area contributed by atoms with Gasteiger partial charge in [-0.25, -0.2) is 0 Å². The number of fused-ring (bicyclic) bond motifs is 2. The third kappa shape index (κ3) is 6.62. The first kappa shape index (κ1) is 26.0. The van der Waals surface area contributed by atoms with E-state index in [0.29, 0.717) is 5.41 Å². The Bertz CT molecular complexity index is 488. The van der Waals surface area contributed by atoms with Crippen LogP contribution < -0.4 is 0 Å². The summed E-state index contributed by atoms with van der Waals surface area (Å²) in [5, 5.41) is 0. The highest BCUT2D eigenvalue weighted by atomic mass is 14.5. The van der Waals surface area contributed by atoms with E-state index in [1.807, 2.05) is 6.08 Å². The Hall–Kier alpha value is -0.260. The van der Waals surface area contributed by atoms with E-state index in [4.69, 9.17) is 0 Å². The smallest absolute Gasteiger partial charge is 0.0180 e. The highest BCUT2D eigenvalue weighted by Crippen LogP contribution is 2.58. The highest BCUT2D eigenvalue weighted by molar-refractivity contribution is 4.98. The third-order valence-corrected chi connectivity index (χ3v) is 9.82. The van der Waals surface area contributed by atoms with Crippen LogP contribution in [-0.4, -0.2) is 0 Å². The summed E-state index contributed by atoms with van der Waals surface area (Å²) in [4.78, 5) is 0. The van der Waals surface area contributed by atoms with Crippen LogP contribution in [0, 0.1) is 52.8 Å². The summed E-state index contributed by atoms with van der Waals surface area (Å²) in [6.45, 7) is 20.1. The molecule has 0 aromatic heterocycles. The van der Waals surface area contributed by atoms with Crippen LogP contribution >= 0.6 is 0 Å². The number of hydrogen-bond donors (Lipinski definition) is 0. The van der Waals surface area contributed by atoms with Crippen LogP contribution in [0.3, 0.4) is 0 Å². The number of rotatable bonds is 7. The molecule has 0 radical (unpaired) electrons. The minimum Gasteiger partial charge on any atom is -0.103 e. The van der Waals surface area contributed by atoms with Crippen molar-refractivity contribution in [1.82, 2.24) is 0 Å². The second-order valence-electron chi connectivity index (χ2n) is 12.2. The van der Waals surface area contributed by atoms with Gasteiger partial charge in [0.05, 0.1) is 0 Å². The Morgan fingerprint density at radius 2 is 1.63 bits per heavy atom. The van der Waals surface area contributed by atoms with Gasteiger partial charge in [0.25, 0.3) is 0 Å². The Kier molecular flexibility index (Phi) is 10.5. The van der Waals surface area contributed by atoms with Crippen molar-refractivity contribution < 1.29 is 0 Å². The minimum absolute atomic E-state index is 0.347. The van der Waals surface area contributed by atoms with Crippen molar-refractivity contribution in [1.29, 1.82) is 0 Å². The molecule has 3 fully saturated rings. The molecule has 0 aliphatic heterocycles. The fourth-order valence-corrected chi connectivity index (χ4v) is 7.38. The molecule has 8 unspecified atom stereocenters. The van der Waals surface area contributed by atoms with Crippen molar-refractivity contribution in [2.45, 2.75) is 126 Å². The topological polar surface area (TPSA) is 0 Å². The molecular formula is C30H56. The average Bonchev–Trinajstić information content (AvgIpc) is 2.76. The average molecular weight is 417 g/mol. The van der Waals surface area contributed by atoms with Crippen LogP contribution in [0.2, 0.25) is 0 Å². The molecule has 0 spiro atoms. The molecule has 0 saturated heterocycles. The SMILES string of the molecule is C=CC(C)(C)CC.CCCC(CC)C1C2CCC(C)CC2CC2CCC(CC)CC21. The second-order valence-corrected chi connectivity index (χ2v) is 12.2. The molecular weight excluding hydrogens is 360 g/mol. The zero-order chi connectivity index (χ0) is 22.3.